The van der Waals surface area contributed by atoms with Gasteiger partial charge in [0.05, 0.1) is 25.3 Å². The summed E-state index contributed by atoms with van der Waals surface area (Å²) in [5, 5.41) is 23.6. The van der Waals surface area contributed by atoms with Crippen molar-refractivity contribution in [1.29, 1.82) is 5.26 Å². The van der Waals surface area contributed by atoms with Crippen molar-refractivity contribution in [2.75, 3.05) is 0 Å². The number of hydrogen-bond donors (Lipinski definition) is 1. The zero-order chi connectivity index (χ0) is 41.4. The number of pyridine rings is 1. The number of carbonyl (C=O) groups excluding carboxylic acids is 1. The van der Waals surface area contributed by atoms with Gasteiger partial charge in [0.1, 0.15) is 0 Å². The van der Waals surface area contributed by atoms with Crippen LogP contribution in [0.25, 0.3) is 44.3 Å². The molecule has 0 saturated carbocycles. The number of benzene rings is 4. The largest absolute Gasteiger partial charge is 0.512 e. The van der Waals surface area contributed by atoms with Crippen LogP contribution in [0.2, 0.25) is 19.6 Å². The number of nitrogens with zero attached hydrogens (tertiary/aromatic N) is 2. The molecule has 4 nitrogen and oxygen atoms in total. The van der Waals surface area contributed by atoms with Crippen LogP contribution in [0.3, 0.4) is 0 Å². The van der Waals surface area contributed by atoms with Gasteiger partial charge in [-0.05, 0) is 72.8 Å². The van der Waals surface area contributed by atoms with Crippen LogP contribution in [0.1, 0.15) is 99.1 Å². The fourth-order valence-corrected chi connectivity index (χ4v) is 8.34. The average molecular weight is 956 g/mol. The fourth-order valence-electron chi connectivity index (χ4n) is 7.17. The monoisotopic (exact) mass is 956 g/mol. The van der Waals surface area contributed by atoms with Crippen molar-refractivity contribution < 1.29 is 30.0 Å². The molecule has 0 aliphatic rings. The van der Waals surface area contributed by atoms with Gasteiger partial charge in [-0.1, -0.05) is 157 Å². The number of nitriles is 1. The standard InChI is InChI=1S/C38H39N2Si.C13H24O2.Ir/c1-37(2,3)34-22-30(21-29-11-9-10-12-32(29)34)36-23-33(35(24-40-36)38(4,5)25-39)28-15-13-26(14-16-28)27-17-19-31(20-18-27)41(6,7)8;1-5-10(6-2)12(14)9-13(15)11(7-3)8-4;/h9-20,22-24H,1-8H3;9-11,14H,5-8H2,1-4H3;/q-1;;/b;12-9-;. The quantitative estimate of drug-likeness (QED) is 0.0585. The van der Waals surface area contributed by atoms with E-state index in [2.05, 4.69) is 137 Å². The number of aliphatic hydroxyl groups excluding tert-OH is 1. The van der Waals surface area contributed by atoms with Crippen molar-refractivity contribution in [2.45, 2.75) is 118 Å². The molecule has 0 amide bonds. The molecule has 57 heavy (non-hydrogen) atoms. The normalized spacial score (nSPS) is 12.2. The number of hydrogen-bond acceptors (Lipinski definition) is 4. The van der Waals surface area contributed by atoms with Gasteiger partial charge < -0.3 is 5.11 Å². The molecule has 0 saturated heterocycles. The van der Waals surface area contributed by atoms with Crippen molar-refractivity contribution in [2.24, 2.45) is 11.8 Å². The minimum Gasteiger partial charge on any atom is -0.512 e. The van der Waals surface area contributed by atoms with E-state index in [9.17, 15) is 15.2 Å². The molecule has 1 N–H and O–H groups in total. The van der Waals surface area contributed by atoms with E-state index in [4.69, 9.17) is 4.98 Å². The summed E-state index contributed by atoms with van der Waals surface area (Å²) in [4.78, 5) is 16.6. The first-order valence-corrected chi connectivity index (χ1v) is 23.9. The van der Waals surface area contributed by atoms with Crippen LogP contribution in [0, 0.1) is 29.2 Å². The Labute approximate surface area is 358 Å². The molecule has 1 heterocycles. The molecule has 6 heteroatoms. The van der Waals surface area contributed by atoms with Crippen molar-refractivity contribution in [1.82, 2.24) is 4.98 Å². The summed E-state index contributed by atoms with van der Waals surface area (Å²) >= 11 is 0. The third-order valence-electron chi connectivity index (χ3n) is 11.1. The third-order valence-corrected chi connectivity index (χ3v) is 13.1. The van der Waals surface area contributed by atoms with Crippen molar-refractivity contribution in [3.63, 3.8) is 0 Å². The van der Waals surface area contributed by atoms with Crippen LogP contribution in [0.5, 0.6) is 0 Å². The maximum absolute atomic E-state index is 11.7. The second kappa shape index (κ2) is 20.0. The number of ketones is 1. The first kappa shape index (κ1) is 47.2. The van der Waals surface area contributed by atoms with Crippen LogP contribution < -0.4 is 5.19 Å². The molecule has 4 aromatic carbocycles. The molecule has 0 spiro atoms. The molecule has 0 aliphatic carbocycles. The van der Waals surface area contributed by atoms with Crippen LogP contribution in [-0.4, -0.2) is 23.9 Å². The Hall–Kier alpha value is -4.14. The van der Waals surface area contributed by atoms with Crippen LogP contribution >= 0.6 is 0 Å². The van der Waals surface area contributed by atoms with E-state index in [1.807, 2.05) is 47.7 Å². The molecule has 303 valence electrons. The maximum atomic E-state index is 11.7. The van der Waals surface area contributed by atoms with Crippen LogP contribution in [0.4, 0.5) is 0 Å². The number of fused-ring (bicyclic) bond motifs is 1. The Bertz CT molecular complexity index is 2180. The van der Waals surface area contributed by atoms with E-state index in [0.717, 1.165) is 59.0 Å². The maximum Gasteiger partial charge on any atom is 0.162 e. The Kier molecular flexibility index (Phi) is 16.6. The Morgan fingerprint density at radius 2 is 1.32 bits per heavy atom. The predicted octanol–water partition coefficient (Wildman–Crippen LogP) is 13.5. The van der Waals surface area contributed by atoms with Gasteiger partial charge >= 0.3 is 0 Å². The average Bonchev–Trinajstić information content (AvgIpc) is 3.18. The number of carbonyl (C=O) groups is 1. The number of aromatic nitrogens is 1. The molecule has 0 bridgehead atoms. The first-order chi connectivity index (χ1) is 26.4. The van der Waals surface area contributed by atoms with E-state index in [1.165, 1.54) is 33.3 Å². The summed E-state index contributed by atoms with van der Waals surface area (Å²) in [6.45, 7) is 25.9. The predicted molar refractivity (Wildman–Crippen MR) is 241 cm³/mol. The molecule has 5 rings (SSSR count). The van der Waals surface area contributed by atoms with E-state index < -0.39 is 13.5 Å². The van der Waals surface area contributed by atoms with E-state index >= 15 is 0 Å². The van der Waals surface area contributed by atoms with Crippen molar-refractivity contribution in [3.05, 3.63) is 120 Å². The van der Waals surface area contributed by atoms with E-state index in [1.54, 1.807) is 0 Å². The van der Waals surface area contributed by atoms with E-state index in [0.29, 0.717) is 0 Å². The summed E-state index contributed by atoms with van der Waals surface area (Å²) < 4.78 is 0. The molecular weight excluding hydrogens is 893 g/mol. The summed E-state index contributed by atoms with van der Waals surface area (Å²) in [5.41, 5.74) is 7.82. The Balaban J connectivity index is 0.000000464. The van der Waals surface area contributed by atoms with Crippen LogP contribution in [-0.2, 0) is 35.7 Å². The third kappa shape index (κ3) is 11.7. The molecular formula is C51H63IrN2O2Si-. The van der Waals surface area contributed by atoms with Crippen molar-refractivity contribution >= 4 is 29.8 Å². The second-order valence-electron chi connectivity index (χ2n) is 17.6. The molecule has 5 aromatic rings. The van der Waals surface area contributed by atoms with Gasteiger partial charge in [-0.2, -0.15) is 5.26 Å². The van der Waals surface area contributed by atoms with Gasteiger partial charge in [-0.3, -0.25) is 9.78 Å². The SMILES string of the molecule is CC(C)(C)c1cc(-c2cc(-c3ccc(-c4ccc([Si](C)(C)C)cc4)cc3)c(C(C)(C)C#N)cn2)[c-]c2ccccc12.CCC(CC)C(=O)/C=C(\O)C(CC)CC.[Ir]. The molecule has 0 aliphatic heterocycles. The minimum absolute atomic E-state index is 0. The zero-order valence-corrected chi connectivity index (χ0v) is 39.7. The first-order valence-electron chi connectivity index (χ1n) is 20.4. The number of rotatable bonds is 12. The van der Waals surface area contributed by atoms with Crippen LogP contribution in [0.15, 0.2) is 103 Å². The zero-order valence-electron chi connectivity index (χ0n) is 36.3. The summed E-state index contributed by atoms with van der Waals surface area (Å²) in [6.07, 6.45) is 6.79. The van der Waals surface area contributed by atoms with Gasteiger partial charge in [0.25, 0.3) is 0 Å². The second-order valence-corrected chi connectivity index (χ2v) is 22.7. The Morgan fingerprint density at radius 3 is 1.82 bits per heavy atom. The number of allylic oxidation sites excluding steroid dienone is 2. The van der Waals surface area contributed by atoms with E-state index in [-0.39, 0.29) is 48.9 Å². The summed E-state index contributed by atoms with van der Waals surface area (Å²) in [7, 11) is -1.34. The van der Waals surface area contributed by atoms with Gasteiger partial charge in [-0.15, -0.1) is 29.1 Å². The molecule has 1 radical (unpaired) electrons. The minimum atomic E-state index is -1.34. The Morgan fingerprint density at radius 1 is 0.789 bits per heavy atom. The van der Waals surface area contributed by atoms with Gasteiger partial charge in [0.2, 0.25) is 0 Å². The molecule has 0 atom stereocenters. The van der Waals surface area contributed by atoms with Gasteiger partial charge in [0.15, 0.2) is 5.78 Å². The molecule has 0 fully saturated rings. The fraction of sp³-hybridized carbons (Fsp3) is 0.392. The molecule has 0 unspecified atom stereocenters. The van der Waals surface area contributed by atoms with Crippen molar-refractivity contribution in [3.8, 4) is 39.6 Å². The summed E-state index contributed by atoms with van der Waals surface area (Å²) in [6, 6.07) is 36.7. The van der Waals surface area contributed by atoms with Gasteiger partial charge in [-0.25, -0.2) is 0 Å². The number of aliphatic hydroxyl groups is 1. The molecule has 1 aromatic heterocycles. The summed E-state index contributed by atoms with van der Waals surface area (Å²) in [5.74, 6) is 0.547. The topological polar surface area (TPSA) is 74.0 Å². The van der Waals surface area contributed by atoms with Gasteiger partial charge in [0, 0.05) is 49.9 Å². The smallest absolute Gasteiger partial charge is 0.162 e.